The van der Waals surface area contributed by atoms with Crippen LogP contribution >= 0.6 is 0 Å². The van der Waals surface area contributed by atoms with Crippen LogP contribution in [0.4, 0.5) is 4.39 Å². The Labute approximate surface area is 105 Å². The van der Waals surface area contributed by atoms with Crippen LogP contribution in [0.5, 0.6) is 5.75 Å². The quantitative estimate of drug-likeness (QED) is 0.765. The molecule has 0 spiro atoms. The molecule has 0 fully saturated rings. The molecule has 0 unspecified atom stereocenters. The van der Waals surface area contributed by atoms with E-state index in [1.165, 1.54) is 12.1 Å². The lowest BCUT2D eigenvalue weighted by atomic mass is 10.1. The van der Waals surface area contributed by atoms with Crippen molar-refractivity contribution in [3.63, 3.8) is 0 Å². The molecule has 1 aromatic rings. The highest BCUT2D eigenvalue weighted by Gasteiger charge is 2.09. The van der Waals surface area contributed by atoms with Crippen molar-refractivity contribution in [2.75, 3.05) is 13.2 Å². The van der Waals surface area contributed by atoms with Gasteiger partial charge in [0.2, 0.25) is 0 Å². The van der Waals surface area contributed by atoms with E-state index in [0.29, 0.717) is 5.56 Å². The molecule has 0 aromatic heterocycles. The lowest BCUT2D eigenvalue weighted by molar-refractivity contribution is -0.122. The van der Waals surface area contributed by atoms with Crippen LogP contribution in [-0.2, 0) is 4.79 Å². The van der Waals surface area contributed by atoms with E-state index >= 15 is 0 Å². The Balaban J connectivity index is 2.58. The highest BCUT2D eigenvalue weighted by Crippen LogP contribution is 2.20. The summed E-state index contributed by atoms with van der Waals surface area (Å²) in [6.45, 7) is 1.59. The monoisotopic (exact) mass is 250 g/mol. The third-order valence-electron chi connectivity index (χ3n) is 2.23. The first-order valence-corrected chi connectivity index (χ1v) is 5.42. The summed E-state index contributed by atoms with van der Waals surface area (Å²) < 4.78 is 18.6. The van der Waals surface area contributed by atoms with Crippen molar-refractivity contribution >= 4 is 5.91 Å². The summed E-state index contributed by atoms with van der Waals surface area (Å²) in [6.07, 6.45) is 4.98. The topological polar surface area (TPSA) is 64.3 Å². The zero-order valence-corrected chi connectivity index (χ0v) is 10.1. The number of rotatable bonds is 5. The molecule has 0 saturated carbocycles. The number of nitrogens with two attached hydrogens (primary N) is 1. The van der Waals surface area contributed by atoms with Crippen LogP contribution in [0, 0.1) is 18.2 Å². The van der Waals surface area contributed by atoms with E-state index in [0.717, 1.165) is 0 Å². The molecule has 0 heterocycles. The fourth-order valence-electron chi connectivity index (χ4n) is 1.26. The molecule has 18 heavy (non-hydrogen) atoms. The van der Waals surface area contributed by atoms with E-state index in [1.54, 1.807) is 13.0 Å². The van der Waals surface area contributed by atoms with Gasteiger partial charge in [0.05, 0.1) is 6.54 Å². The second-order valence-electron chi connectivity index (χ2n) is 3.75. The van der Waals surface area contributed by atoms with E-state index in [4.69, 9.17) is 16.9 Å². The molecule has 0 aliphatic heterocycles. The number of amides is 1. The van der Waals surface area contributed by atoms with Crippen molar-refractivity contribution in [2.24, 2.45) is 5.73 Å². The summed E-state index contributed by atoms with van der Waals surface area (Å²) in [5.74, 6) is 1.32. The lowest BCUT2D eigenvalue weighted by Crippen LogP contribution is -2.29. The maximum atomic E-state index is 13.6. The molecule has 4 nitrogen and oxygen atoms in total. The van der Waals surface area contributed by atoms with E-state index in [1.807, 2.05) is 0 Å². The largest absolute Gasteiger partial charge is 0.481 e. The molecule has 1 amide bonds. The van der Waals surface area contributed by atoms with Crippen molar-refractivity contribution in [1.82, 2.24) is 5.32 Å². The average Bonchev–Trinajstić information content (AvgIpc) is 2.34. The van der Waals surface area contributed by atoms with Crippen molar-refractivity contribution in [3.05, 3.63) is 29.6 Å². The Bertz CT molecular complexity index is 467. The number of halogens is 1. The van der Waals surface area contributed by atoms with Gasteiger partial charge in [0, 0.05) is 6.04 Å². The van der Waals surface area contributed by atoms with E-state index in [-0.39, 0.29) is 24.9 Å². The Morgan fingerprint density at radius 3 is 2.94 bits per heavy atom. The Kier molecular flexibility index (Phi) is 5.15. The second kappa shape index (κ2) is 6.62. The lowest BCUT2D eigenvalue weighted by Gasteiger charge is -2.10. The molecule has 1 aromatic carbocycles. The number of benzene rings is 1. The van der Waals surface area contributed by atoms with Crippen molar-refractivity contribution in [3.8, 4) is 18.1 Å². The fourth-order valence-corrected chi connectivity index (χ4v) is 1.26. The van der Waals surface area contributed by atoms with E-state index in [9.17, 15) is 9.18 Å². The maximum absolute atomic E-state index is 13.6. The van der Waals surface area contributed by atoms with Crippen molar-refractivity contribution < 1.29 is 13.9 Å². The molecule has 1 rings (SSSR count). The SMILES string of the molecule is C#CCNC(=O)COc1ccc([C@H](C)N)cc1F. The summed E-state index contributed by atoms with van der Waals surface area (Å²) in [5, 5.41) is 2.41. The molecule has 96 valence electrons. The molecule has 0 bridgehead atoms. The first-order chi connectivity index (χ1) is 8.54. The standard InChI is InChI=1S/C13H15FN2O2/c1-3-6-16-13(17)8-18-12-5-4-10(9(2)15)7-11(12)14/h1,4-5,7,9H,6,8,15H2,2H3,(H,16,17)/t9-/m0/s1. The van der Waals surface area contributed by atoms with Gasteiger partial charge in [-0.15, -0.1) is 6.42 Å². The average molecular weight is 250 g/mol. The van der Waals surface area contributed by atoms with Gasteiger partial charge in [0.15, 0.2) is 18.2 Å². The molecule has 1 atom stereocenters. The molecular weight excluding hydrogens is 235 g/mol. The van der Waals surface area contributed by atoms with Crippen LogP contribution in [0.1, 0.15) is 18.5 Å². The number of carbonyl (C=O) groups excluding carboxylic acids is 1. The van der Waals surface area contributed by atoms with Crippen LogP contribution in [0.25, 0.3) is 0 Å². The molecule has 0 aliphatic carbocycles. The van der Waals surface area contributed by atoms with E-state index < -0.39 is 11.7 Å². The summed E-state index contributed by atoms with van der Waals surface area (Å²) in [6, 6.07) is 4.14. The maximum Gasteiger partial charge on any atom is 0.258 e. The van der Waals surface area contributed by atoms with Gasteiger partial charge in [-0.1, -0.05) is 12.0 Å². The number of hydrogen-bond donors (Lipinski definition) is 2. The normalized spacial score (nSPS) is 11.4. The molecule has 0 saturated heterocycles. The first kappa shape index (κ1) is 14.0. The zero-order valence-electron chi connectivity index (χ0n) is 10.1. The highest BCUT2D eigenvalue weighted by molar-refractivity contribution is 5.77. The third-order valence-corrected chi connectivity index (χ3v) is 2.23. The summed E-state index contributed by atoms with van der Waals surface area (Å²) in [4.78, 5) is 11.2. The summed E-state index contributed by atoms with van der Waals surface area (Å²) in [5.41, 5.74) is 6.28. The van der Waals surface area contributed by atoms with Gasteiger partial charge in [-0.05, 0) is 24.6 Å². The van der Waals surface area contributed by atoms with Gasteiger partial charge >= 0.3 is 0 Å². The molecule has 5 heteroatoms. The van der Waals surface area contributed by atoms with E-state index in [2.05, 4.69) is 11.2 Å². The number of hydrogen-bond acceptors (Lipinski definition) is 3. The Morgan fingerprint density at radius 2 is 2.39 bits per heavy atom. The van der Waals surface area contributed by atoms with Crippen molar-refractivity contribution in [2.45, 2.75) is 13.0 Å². The van der Waals surface area contributed by atoms with Gasteiger partial charge in [-0.25, -0.2) is 4.39 Å². The molecule has 3 N–H and O–H groups in total. The zero-order chi connectivity index (χ0) is 13.5. The van der Waals surface area contributed by atoms with Crippen LogP contribution in [0.2, 0.25) is 0 Å². The summed E-state index contributed by atoms with van der Waals surface area (Å²) in [7, 11) is 0. The highest BCUT2D eigenvalue weighted by atomic mass is 19.1. The smallest absolute Gasteiger partial charge is 0.258 e. The number of carbonyl (C=O) groups is 1. The Morgan fingerprint density at radius 1 is 1.67 bits per heavy atom. The number of nitrogens with one attached hydrogen (secondary N) is 1. The van der Waals surface area contributed by atoms with Gasteiger partial charge in [0.25, 0.3) is 5.91 Å². The minimum absolute atomic E-state index is 0.00950. The Hall–Kier alpha value is -2.06. The fraction of sp³-hybridized carbons (Fsp3) is 0.308. The van der Waals surface area contributed by atoms with Gasteiger partial charge in [-0.2, -0.15) is 0 Å². The first-order valence-electron chi connectivity index (χ1n) is 5.42. The van der Waals surface area contributed by atoms with Crippen LogP contribution in [0.3, 0.4) is 0 Å². The third kappa shape index (κ3) is 4.07. The number of terminal acetylenes is 1. The summed E-state index contributed by atoms with van der Waals surface area (Å²) >= 11 is 0. The predicted molar refractivity (Wildman–Crippen MR) is 66.3 cm³/mol. The molecule has 0 radical (unpaired) electrons. The predicted octanol–water partition coefficient (Wildman–Crippen LogP) is 0.974. The number of ether oxygens (including phenoxy) is 1. The van der Waals surface area contributed by atoms with Crippen LogP contribution < -0.4 is 15.8 Å². The van der Waals surface area contributed by atoms with Gasteiger partial charge < -0.3 is 15.8 Å². The molecular formula is C13H15FN2O2. The van der Waals surface area contributed by atoms with Gasteiger partial charge in [0.1, 0.15) is 0 Å². The van der Waals surface area contributed by atoms with Crippen LogP contribution in [-0.4, -0.2) is 19.1 Å². The van der Waals surface area contributed by atoms with Crippen LogP contribution in [0.15, 0.2) is 18.2 Å². The van der Waals surface area contributed by atoms with Crippen molar-refractivity contribution in [1.29, 1.82) is 0 Å². The van der Waals surface area contributed by atoms with Gasteiger partial charge in [-0.3, -0.25) is 4.79 Å². The minimum atomic E-state index is -0.547. The minimum Gasteiger partial charge on any atom is -0.481 e. The molecule has 0 aliphatic rings. The second-order valence-corrected chi connectivity index (χ2v) is 3.75.